The van der Waals surface area contributed by atoms with Crippen LogP contribution in [0.5, 0.6) is 11.5 Å². The van der Waals surface area contributed by atoms with Crippen molar-refractivity contribution in [1.82, 2.24) is 5.32 Å². The summed E-state index contributed by atoms with van der Waals surface area (Å²) in [5.74, 6) is -0.400. The van der Waals surface area contributed by atoms with Crippen molar-refractivity contribution in [2.45, 2.75) is 39.5 Å². The van der Waals surface area contributed by atoms with Gasteiger partial charge < -0.3 is 15.5 Å². The molecule has 0 spiro atoms. The van der Waals surface area contributed by atoms with Gasteiger partial charge >= 0.3 is 0 Å². The third-order valence-corrected chi connectivity index (χ3v) is 3.11. The maximum absolute atomic E-state index is 11.8. The van der Waals surface area contributed by atoms with E-state index in [1.165, 1.54) is 12.1 Å². The first-order chi connectivity index (χ1) is 9.04. The molecule has 0 bridgehead atoms. The molecule has 1 aromatic carbocycles. The number of benzene rings is 1. The highest BCUT2D eigenvalue weighted by Crippen LogP contribution is 2.25. The largest absolute Gasteiger partial charge is 0.504 e. The molecule has 19 heavy (non-hydrogen) atoms. The van der Waals surface area contributed by atoms with Gasteiger partial charge in [-0.15, -0.1) is 0 Å². The molecule has 4 heteroatoms. The third-order valence-electron chi connectivity index (χ3n) is 3.11. The number of hydrogen-bond donors (Lipinski definition) is 3. The van der Waals surface area contributed by atoms with Gasteiger partial charge in [-0.1, -0.05) is 32.8 Å². The predicted molar refractivity (Wildman–Crippen MR) is 75.2 cm³/mol. The number of aromatic hydroxyl groups is 2. The number of amides is 1. The predicted octanol–water partition coefficient (Wildman–Crippen LogP) is 2.58. The zero-order valence-electron chi connectivity index (χ0n) is 11.6. The van der Waals surface area contributed by atoms with E-state index in [1.54, 1.807) is 6.07 Å². The lowest BCUT2D eigenvalue weighted by Gasteiger charge is -2.12. The SMILES string of the molecule is CCCCCNC(=O)C(C)Cc1ccc(O)c(O)c1. The lowest BCUT2D eigenvalue weighted by molar-refractivity contribution is -0.124. The zero-order chi connectivity index (χ0) is 14.3. The van der Waals surface area contributed by atoms with Gasteiger partial charge in [0.15, 0.2) is 11.5 Å². The van der Waals surface area contributed by atoms with Crippen LogP contribution in [-0.2, 0) is 11.2 Å². The lowest BCUT2D eigenvalue weighted by atomic mass is 10.00. The first-order valence-electron chi connectivity index (χ1n) is 6.83. The average molecular weight is 265 g/mol. The number of nitrogens with one attached hydrogen (secondary N) is 1. The Labute approximate surface area is 114 Å². The standard InChI is InChI=1S/C15H23NO3/c1-3-4-5-8-16-15(19)11(2)9-12-6-7-13(17)14(18)10-12/h6-7,10-11,17-18H,3-5,8-9H2,1-2H3,(H,16,19). The molecule has 0 aliphatic rings. The Morgan fingerprint density at radius 2 is 2.00 bits per heavy atom. The number of phenols is 2. The summed E-state index contributed by atoms with van der Waals surface area (Å²) < 4.78 is 0. The first kappa shape index (κ1) is 15.3. The summed E-state index contributed by atoms with van der Waals surface area (Å²) in [6.07, 6.45) is 3.82. The highest BCUT2D eigenvalue weighted by atomic mass is 16.3. The van der Waals surface area contributed by atoms with E-state index in [-0.39, 0.29) is 23.3 Å². The Kier molecular flexibility index (Phi) is 6.19. The monoisotopic (exact) mass is 265 g/mol. The summed E-state index contributed by atoms with van der Waals surface area (Å²) in [7, 11) is 0. The van der Waals surface area contributed by atoms with Gasteiger partial charge in [0, 0.05) is 12.5 Å². The Bertz CT molecular complexity index is 418. The Hall–Kier alpha value is -1.71. The molecule has 1 amide bonds. The average Bonchev–Trinajstić information content (AvgIpc) is 2.38. The number of hydrogen-bond acceptors (Lipinski definition) is 3. The van der Waals surface area contributed by atoms with Crippen molar-refractivity contribution >= 4 is 5.91 Å². The molecule has 0 aliphatic heterocycles. The molecule has 0 heterocycles. The van der Waals surface area contributed by atoms with Crippen LogP contribution in [0.15, 0.2) is 18.2 Å². The minimum absolute atomic E-state index is 0.0312. The van der Waals surface area contributed by atoms with Crippen LogP contribution in [0.4, 0.5) is 0 Å². The summed E-state index contributed by atoms with van der Waals surface area (Å²) >= 11 is 0. The highest BCUT2D eigenvalue weighted by Gasteiger charge is 2.13. The third kappa shape index (κ3) is 5.20. The molecule has 0 aromatic heterocycles. The summed E-state index contributed by atoms with van der Waals surface area (Å²) in [6.45, 7) is 4.71. The van der Waals surface area contributed by atoms with Gasteiger partial charge in [-0.25, -0.2) is 0 Å². The molecular weight excluding hydrogens is 242 g/mol. The second kappa shape index (κ2) is 7.67. The van der Waals surface area contributed by atoms with E-state index < -0.39 is 0 Å². The normalized spacial score (nSPS) is 12.1. The smallest absolute Gasteiger partial charge is 0.223 e. The molecule has 1 aromatic rings. The number of carbonyl (C=O) groups is 1. The number of unbranched alkanes of at least 4 members (excludes halogenated alkanes) is 2. The van der Waals surface area contributed by atoms with Gasteiger partial charge in [0.2, 0.25) is 5.91 Å². The van der Waals surface area contributed by atoms with Crippen LogP contribution in [0.1, 0.15) is 38.7 Å². The van der Waals surface area contributed by atoms with Gasteiger partial charge in [0.25, 0.3) is 0 Å². The van der Waals surface area contributed by atoms with Crippen molar-refractivity contribution in [3.8, 4) is 11.5 Å². The van der Waals surface area contributed by atoms with E-state index in [0.717, 1.165) is 31.4 Å². The second-order valence-corrected chi connectivity index (χ2v) is 4.93. The van der Waals surface area contributed by atoms with Crippen molar-refractivity contribution < 1.29 is 15.0 Å². The molecule has 3 N–H and O–H groups in total. The molecule has 0 saturated heterocycles. The maximum atomic E-state index is 11.8. The van der Waals surface area contributed by atoms with Crippen LogP contribution in [0.25, 0.3) is 0 Å². The van der Waals surface area contributed by atoms with Gasteiger partial charge in [-0.2, -0.15) is 0 Å². The van der Waals surface area contributed by atoms with E-state index >= 15 is 0 Å². The zero-order valence-corrected chi connectivity index (χ0v) is 11.6. The summed E-state index contributed by atoms with van der Waals surface area (Å²) in [5, 5.41) is 21.5. The maximum Gasteiger partial charge on any atom is 0.223 e. The van der Waals surface area contributed by atoms with Crippen LogP contribution >= 0.6 is 0 Å². The van der Waals surface area contributed by atoms with Crippen molar-refractivity contribution in [2.75, 3.05) is 6.54 Å². The summed E-state index contributed by atoms with van der Waals surface area (Å²) in [6, 6.07) is 4.66. The van der Waals surface area contributed by atoms with Crippen molar-refractivity contribution in [1.29, 1.82) is 0 Å². The Morgan fingerprint density at radius 1 is 1.26 bits per heavy atom. The van der Waals surface area contributed by atoms with Crippen molar-refractivity contribution in [3.05, 3.63) is 23.8 Å². The van der Waals surface area contributed by atoms with Gasteiger partial charge in [0.05, 0.1) is 0 Å². The number of carbonyl (C=O) groups excluding carboxylic acids is 1. The minimum atomic E-state index is -0.148. The van der Waals surface area contributed by atoms with Gasteiger partial charge in [-0.05, 0) is 30.5 Å². The quantitative estimate of drug-likeness (QED) is 0.524. The van der Waals surface area contributed by atoms with E-state index in [1.807, 2.05) is 6.92 Å². The highest BCUT2D eigenvalue weighted by molar-refractivity contribution is 5.78. The molecule has 106 valence electrons. The molecule has 1 atom stereocenters. The molecule has 0 saturated carbocycles. The molecule has 1 rings (SSSR count). The molecule has 0 aliphatic carbocycles. The molecule has 0 radical (unpaired) electrons. The van der Waals surface area contributed by atoms with E-state index in [0.29, 0.717) is 6.42 Å². The van der Waals surface area contributed by atoms with Crippen molar-refractivity contribution in [2.24, 2.45) is 5.92 Å². The fraction of sp³-hybridized carbons (Fsp3) is 0.533. The Morgan fingerprint density at radius 3 is 2.63 bits per heavy atom. The first-order valence-corrected chi connectivity index (χ1v) is 6.83. The Balaban J connectivity index is 2.42. The topological polar surface area (TPSA) is 69.6 Å². The fourth-order valence-corrected chi connectivity index (χ4v) is 1.90. The van der Waals surface area contributed by atoms with Gasteiger partial charge in [-0.3, -0.25) is 4.79 Å². The molecule has 1 unspecified atom stereocenters. The van der Waals surface area contributed by atoms with Crippen LogP contribution in [0, 0.1) is 5.92 Å². The molecule has 4 nitrogen and oxygen atoms in total. The van der Waals surface area contributed by atoms with E-state index in [4.69, 9.17) is 0 Å². The molecule has 0 fully saturated rings. The second-order valence-electron chi connectivity index (χ2n) is 4.93. The number of rotatable bonds is 7. The van der Waals surface area contributed by atoms with Crippen LogP contribution in [0.3, 0.4) is 0 Å². The number of phenolic OH excluding ortho intramolecular Hbond substituents is 2. The minimum Gasteiger partial charge on any atom is -0.504 e. The van der Waals surface area contributed by atoms with Gasteiger partial charge in [0.1, 0.15) is 0 Å². The van der Waals surface area contributed by atoms with Crippen LogP contribution < -0.4 is 5.32 Å². The summed E-state index contributed by atoms with van der Waals surface area (Å²) in [5.41, 5.74) is 0.839. The van der Waals surface area contributed by atoms with E-state index in [9.17, 15) is 15.0 Å². The van der Waals surface area contributed by atoms with Crippen LogP contribution in [0.2, 0.25) is 0 Å². The lowest BCUT2D eigenvalue weighted by Crippen LogP contribution is -2.31. The van der Waals surface area contributed by atoms with Crippen molar-refractivity contribution in [3.63, 3.8) is 0 Å². The molecular formula is C15H23NO3. The van der Waals surface area contributed by atoms with Crippen LogP contribution in [-0.4, -0.2) is 22.7 Å². The van der Waals surface area contributed by atoms with E-state index in [2.05, 4.69) is 12.2 Å². The summed E-state index contributed by atoms with van der Waals surface area (Å²) in [4.78, 5) is 11.8. The fourth-order valence-electron chi connectivity index (χ4n) is 1.90.